The third-order valence-corrected chi connectivity index (χ3v) is 7.02. The molecule has 1 aliphatic heterocycles. The predicted molar refractivity (Wildman–Crippen MR) is 146 cm³/mol. The first-order valence-electron chi connectivity index (χ1n) is 13.1. The van der Waals surface area contributed by atoms with Crippen LogP contribution in [-0.4, -0.2) is 39.7 Å². The third-order valence-electron chi connectivity index (χ3n) is 7.02. The fourth-order valence-electron chi connectivity index (χ4n) is 4.96. The lowest BCUT2D eigenvalue weighted by atomic mass is 9.83. The zero-order valence-corrected chi connectivity index (χ0v) is 22.6. The molecule has 9 heteroatoms. The van der Waals surface area contributed by atoms with Gasteiger partial charge < -0.3 is 19.4 Å². The number of amides is 1. The maximum absolute atomic E-state index is 13.7. The van der Waals surface area contributed by atoms with Gasteiger partial charge in [0.2, 0.25) is 0 Å². The number of hydrogen-bond acceptors (Lipinski definition) is 5. The van der Waals surface area contributed by atoms with Crippen LogP contribution in [0.25, 0.3) is 22.2 Å². The van der Waals surface area contributed by atoms with E-state index in [0.29, 0.717) is 48.4 Å². The van der Waals surface area contributed by atoms with E-state index in [4.69, 9.17) is 9.47 Å². The summed E-state index contributed by atoms with van der Waals surface area (Å²) in [5.41, 5.74) is 2.78. The summed E-state index contributed by atoms with van der Waals surface area (Å²) in [5.74, 6) is -1.47. The van der Waals surface area contributed by atoms with Crippen LogP contribution in [0.5, 0.6) is 0 Å². The molecule has 5 rings (SSSR count). The number of hydrogen-bond donors (Lipinski definition) is 1. The van der Waals surface area contributed by atoms with Crippen LogP contribution < -0.4 is 0 Å². The average Bonchev–Trinajstić information content (AvgIpc) is 3.33. The Bertz CT molecular complexity index is 1540. The summed E-state index contributed by atoms with van der Waals surface area (Å²) in [6.45, 7) is 6.44. The van der Waals surface area contributed by atoms with Crippen molar-refractivity contribution < 1.29 is 23.0 Å². The molecule has 1 amide bonds. The van der Waals surface area contributed by atoms with Crippen molar-refractivity contribution in [2.75, 3.05) is 13.1 Å². The number of aromatic nitrogens is 2. The molecule has 4 aromatic rings. The molecule has 0 unspecified atom stereocenters. The second-order valence-corrected chi connectivity index (χ2v) is 11.0. The lowest BCUT2D eigenvalue weighted by Gasteiger charge is -2.42. The van der Waals surface area contributed by atoms with E-state index in [2.05, 4.69) is 16.0 Å². The van der Waals surface area contributed by atoms with Crippen molar-refractivity contribution in [3.05, 3.63) is 89.2 Å². The molecule has 0 spiro atoms. The number of benzene rings is 3. The predicted octanol–water partition coefficient (Wildman–Crippen LogP) is 6.82. The lowest BCUT2D eigenvalue weighted by molar-refractivity contribution is -0.101. The van der Waals surface area contributed by atoms with Crippen molar-refractivity contribution in [2.24, 2.45) is 0 Å². The van der Waals surface area contributed by atoms with Crippen molar-refractivity contribution in [3.63, 3.8) is 0 Å². The fraction of sp³-hybridized carbons (Fsp3) is 0.323. The van der Waals surface area contributed by atoms with E-state index >= 15 is 0 Å². The number of piperidine rings is 1. The van der Waals surface area contributed by atoms with Gasteiger partial charge in [0.15, 0.2) is 11.6 Å². The van der Waals surface area contributed by atoms with E-state index in [-0.39, 0.29) is 12.7 Å². The topological polar surface area (TPSA) is 91.2 Å². The number of carbonyl (C=O) groups is 1. The van der Waals surface area contributed by atoms with E-state index < -0.39 is 22.8 Å². The van der Waals surface area contributed by atoms with Gasteiger partial charge in [0, 0.05) is 25.2 Å². The van der Waals surface area contributed by atoms with E-state index in [9.17, 15) is 18.8 Å². The highest BCUT2D eigenvalue weighted by Gasteiger charge is 2.40. The molecular weight excluding hydrogens is 514 g/mol. The highest BCUT2D eigenvalue weighted by atomic mass is 19.2. The molecule has 1 aromatic heterocycles. The average molecular weight is 545 g/mol. The molecule has 2 heterocycles. The number of likely N-dealkylation sites (tertiary alicyclic amines) is 1. The number of ether oxygens (including phenoxy) is 2. The summed E-state index contributed by atoms with van der Waals surface area (Å²) in [7, 11) is 0. The Hall–Kier alpha value is -4.29. The van der Waals surface area contributed by atoms with Gasteiger partial charge in [-0.2, -0.15) is 5.26 Å². The molecular formula is C31H30F2N4O3. The molecule has 0 saturated carbocycles. The first-order valence-corrected chi connectivity index (χ1v) is 13.1. The third kappa shape index (κ3) is 5.82. The number of carbonyl (C=O) groups excluding carboxylic acids is 1. The minimum Gasteiger partial charge on any atom is -0.444 e. The summed E-state index contributed by atoms with van der Waals surface area (Å²) in [5, 5.41) is 9.26. The zero-order chi connectivity index (χ0) is 28.5. The van der Waals surface area contributed by atoms with Crippen LogP contribution >= 0.6 is 0 Å². The standard InChI is InChI=1S/C31H30F2N4O3/c1-30(2,3)40-29(38)37-13-11-31(12-14-37,39-19-28-35-26-16-24(32)25(33)17-27(26)36-28)23-9-7-21(8-10-23)22-6-4-5-20(15-22)18-34/h4-10,15-17H,11-14,19H2,1-3H3,(H,35,36). The summed E-state index contributed by atoms with van der Waals surface area (Å²) < 4.78 is 39.5. The molecule has 1 N–H and O–H groups in total. The summed E-state index contributed by atoms with van der Waals surface area (Å²) in [4.78, 5) is 21.8. The van der Waals surface area contributed by atoms with Gasteiger partial charge in [-0.15, -0.1) is 0 Å². The van der Waals surface area contributed by atoms with Crippen molar-refractivity contribution in [2.45, 2.75) is 51.4 Å². The Morgan fingerprint density at radius 2 is 1.75 bits per heavy atom. The van der Waals surface area contributed by atoms with Gasteiger partial charge in [-0.25, -0.2) is 18.6 Å². The van der Waals surface area contributed by atoms with E-state index in [1.165, 1.54) is 0 Å². The molecule has 3 aromatic carbocycles. The van der Waals surface area contributed by atoms with Crippen LogP contribution in [0.2, 0.25) is 0 Å². The van der Waals surface area contributed by atoms with Gasteiger partial charge in [0.25, 0.3) is 0 Å². The quantitative estimate of drug-likeness (QED) is 0.298. The van der Waals surface area contributed by atoms with E-state index in [1.807, 2.05) is 63.2 Å². The Labute approximate surface area is 231 Å². The van der Waals surface area contributed by atoms with Crippen molar-refractivity contribution in [1.82, 2.24) is 14.9 Å². The molecule has 0 radical (unpaired) electrons. The lowest BCUT2D eigenvalue weighted by Crippen LogP contribution is -2.47. The number of rotatable bonds is 5. The molecule has 0 atom stereocenters. The minimum atomic E-state index is -0.960. The monoisotopic (exact) mass is 544 g/mol. The maximum atomic E-state index is 13.7. The van der Waals surface area contributed by atoms with Gasteiger partial charge >= 0.3 is 6.09 Å². The highest BCUT2D eigenvalue weighted by molar-refractivity contribution is 5.75. The van der Waals surface area contributed by atoms with Crippen LogP contribution in [0, 0.1) is 23.0 Å². The molecule has 1 saturated heterocycles. The first-order chi connectivity index (χ1) is 19.0. The van der Waals surface area contributed by atoms with Crippen LogP contribution in [0.3, 0.4) is 0 Å². The number of nitrogens with one attached hydrogen (secondary N) is 1. The number of halogens is 2. The van der Waals surface area contributed by atoms with Crippen LogP contribution in [0.1, 0.15) is 50.6 Å². The molecule has 1 fully saturated rings. The molecule has 40 heavy (non-hydrogen) atoms. The normalized spacial score (nSPS) is 15.2. The SMILES string of the molecule is CC(C)(C)OC(=O)N1CCC(OCc2nc3cc(F)c(F)cc3[nH]2)(c2ccc(-c3cccc(C#N)c3)cc2)CC1. The van der Waals surface area contributed by atoms with Gasteiger partial charge in [-0.1, -0.05) is 36.4 Å². The number of nitrogens with zero attached hydrogens (tertiary/aromatic N) is 3. The first kappa shape index (κ1) is 27.3. The van der Waals surface area contributed by atoms with Gasteiger partial charge in [0.05, 0.1) is 28.3 Å². The molecule has 0 aliphatic carbocycles. The van der Waals surface area contributed by atoms with Crippen molar-refractivity contribution in [3.8, 4) is 17.2 Å². The fourth-order valence-corrected chi connectivity index (χ4v) is 4.96. The van der Waals surface area contributed by atoms with Crippen LogP contribution in [-0.2, 0) is 21.7 Å². The Kier molecular flexibility index (Phi) is 7.30. The van der Waals surface area contributed by atoms with Gasteiger partial charge in [-0.05, 0) is 62.4 Å². The van der Waals surface area contributed by atoms with Crippen molar-refractivity contribution in [1.29, 1.82) is 5.26 Å². The van der Waals surface area contributed by atoms with E-state index in [1.54, 1.807) is 11.0 Å². The van der Waals surface area contributed by atoms with Crippen LogP contribution in [0.15, 0.2) is 60.7 Å². The van der Waals surface area contributed by atoms with E-state index in [0.717, 1.165) is 28.8 Å². The zero-order valence-electron chi connectivity index (χ0n) is 22.6. The number of aromatic amines is 1. The summed E-state index contributed by atoms with van der Waals surface area (Å²) in [6.07, 6.45) is 0.660. The van der Waals surface area contributed by atoms with Crippen LogP contribution in [0.4, 0.5) is 13.6 Å². The summed E-state index contributed by atoms with van der Waals surface area (Å²) in [6, 6.07) is 19.7. The molecule has 206 valence electrons. The van der Waals surface area contributed by atoms with Gasteiger partial charge in [0.1, 0.15) is 18.0 Å². The van der Waals surface area contributed by atoms with Crippen molar-refractivity contribution >= 4 is 17.1 Å². The minimum absolute atomic E-state index is 0.0797. The Balaban J connectivity index is 1.40. The highest BCUT2D eigenvalue weighted by Crippen LogP contribution is 2.39. The number of nitriles is 1. The number of imidazole rings is 1. The smallest absolute Gasteiger partial charge is 0.410 e. The Morgan fingerprint density at radius 3 is 2.42 bits per heavy atom. The second kappa shape index (κ2) is 10.7. The molecule has 1 aliphatic rings. The Morgan fingerprint density at radius 1 is 1.05 bits per heavy atom. The second-order valence-electron chi connectivity index (χ2n) is 11.0. The molecule has 7 nitrogen and oxygen atoms in total. The maximum Gasteiger partial charge on any atom is 0.410 e. The van der Waals surface area contributed by atoms with Gasteiger partial charge in [-0.3, -0.25) is 0 Å². The largest absolute Gasteiger partial charge is 0.444 e. The number of H-pyrrole nitrogens is 1. The summed E-state index contributed by atoms with van der Waals surface area (Å²) >= 11 is 0. The molecule has 0 bridgehead atoms. The number of fused-ring (bicyclic) bond motifs is 1.